The first kappa shape index (κ1) is 10.5. The van der Waals surface area contributed by atoms with Gasteiger partial charge in [0.05, 0.1) is 0 Å². The topological polar surface area (TPSA) is 4.93 Å². The number of aryl methyl sites for hydroxylation is 1. The highest BCUT2D eigenvalue weighted by Gasteiger charge is 2.34. The second kappa shape index (κ2) is 3.27. The predicted octanol–water partition coefficient (Wildman–Crippen LogP) is 3.96. The molecular formula is C10H7BrF3N. The van der Waals surface area contributed by atoms with Gasteiger partial charge >= 0.3 is 6.18 Å². The molecule has 0 bridgehead atoms. The number of nitrogens with zero attached hydrogens (tertiary/aromatic N) is 1. The minimum Gasteiger partial charge on any atom is -0.340 e. The minimum absolute atomic E-state index is 0.566. The molecular weight excluding hydrogens is 271 g/mol. The van der Waals surface area contributed by atoms with Gasteiger partial charge in [-0.2, -0.15) is 13.2 Å². The molecule has 5 heteroatoms. The lowest BCUT2D eigenvalue weighted by molar-refractivity contribution is -0.142. The Hall–Kier alpha value is -0.970. The van der Waals surface area contributed by atoms with E-state index >= 15 is 0 Å². The Morgan fingerprint density at radius 1 is 1.27 bits per heavy atom. The van der Waals surface area contributed by atoms with Gasteiger partial charge in [0.1, 0.15) is 5.69 Å². The molecule has 15 heavy (non-hydrogen) atoms. The minimum atomic E-state index is -4.31. The maximum absolute atomic E-state index is 12.6. The summed E-state index contributed by atoms with van der Waals surface area (Å²) in [6.07, 6.45) is -4.31. The van der Waals surface area contributed by atoms with Crippen molar-refractivity contribution in [2.45, 2.75) is 6.18 Å². The monoisotopic (exact) mass is 277 g/mol. The first-order valence-electron chi connectivity index (χ1n) is 4.22. The van der Waals surface area contributed by atoms with Gasteiger partial charge in [-0.05, 0) is 18.2 Å². The third-order valence-electron chi connectivity index (χ3n) is 2.32. The summed E-state index contributed by atoms with van der Waals surface area (Å²) in [5.74, 6) is 0. The lowest BCUT2D eigenvalue weighted by Crippen LogP contribution is -2.10. The van der Waals surface area contributed by atoms with E-state index in [2.05, 4.69) is 15.9 Å². The van der Waals surface area contributed by atoms with Crippen molar-refractivity contribution in [1.29, 1.82) is 0 Å². The van der Waals surface area contributed by atoms with Crippen LogP contribution in [-0.2, 0) is 13.2 Å². The number of fused-ring (bicyclic) bond motifs is 1. The highest BCUT2D eigenvalue weighted by molar-refractivity contribution is 9.10. The highest BCUT2D eigenvalue weighted by Crippen LogP contribution is 2.35. The molecule has 1 aromatic carbocycles. The Morgan fingerprint density at radius 2 is 1.93 bits per heavy atom. The van der Waals surface area contributed by atoms with Crippen molar-refractivity contribution >= 4 is 26.8 Å². The molecule has 0 saturated heterocycles. The second-order valence-electron chi connectivity index (χ2n) is 3.26. The van der Waals surface area contributed by atoms with Crippen LogP contribution in [0.3, 0.4) is 0 Å². The lowest BCUT2D eigenvalue weighted by atomic mass is 10.2. The molecule has 0 unspecified atom stereocenters. The van der Waals surface area contributed by atoms with Crippen LogP contribution >= 0.6 is 15.9 Å². The van der Waals surface area contributed by atoms with Crippen molar-refractivity contribution in [1.82, 2.24) is 4.57 Å². The van der Waals surface area contributed by atoms with E-state index in [4.69, 9.17) is 0 Å². The van der Waals surface area contributed by atoms with Gasteiger partial charge in [0.2, 0.25) is 0 Å². The molecule has 1 nitrogen and oxygen atoms in total. The Balaban J connectivity index is 2.81. The highest BCUT2D eigenvalue weighted by atomic mass is 79.9. The average Bonchev–Trinajstić information content (AvgIpc) is 2.45. The van der Waals surface area contributed by atoms with Crippen LogP contribution in [0.4, 0.5) is 13.2 Å². The number of aromatic nitrogens is 1. The Kier molecular flexibility index (Phi) is 2.30. The van der Waals surface area contributed by atoms with Crippen LogP contribution in [-0.4, -0.2) is 4.57 Å². The quantitative estimate of drug-likeness (QED) is 0.687. The number of hydrogen-bond donors (Lipinski definition) is 0. The van der Waals surface area contributed by atoms with Crippen LogP contribution < -0.4 is 0 Å². The molecule has 0 spiro atoms. The normalized spacial score (nSPS) is 12.3. The Labute approximate surface area is 92.6 Å². The summed E-state index contributed by atoms with van der Waals surface area (Å²) in [5, 5.41) is 0.576. The number of hydrogen-bond acceptors (Lipinski definition) is 0. The largest absolute Gasteiger partial charge is 0.431 e. The SMILES string of the molecule is Cn1c(C(F)(F)F)cc2c(Br)cccc21. The summed E-state index contributed by atoms with van der Waals surface area (Å²) in [6.45, 7) is 0. The van der Waals surface area contributed by atoms with Crippen LogP contribution in [0.25, 0.3) is 10.9 Å². The lowest BCUT2D eigenvalue weighted by Gasteiger charge is -2.07. The molecule has 0 aliphatic heterocycles. The average molecular weight is 278 g/mol. The van der Waals surface area contributed by atoms with Crippen molar-refractivity contribution in [2.75, 3.05) is 0 Å². The predicted molar refractivity (Wildman–Crippen MR) is 55.6 cm³/mol. The van der Waals surface area contributed by atoms with Crippen molar-refractivity contribution < 1.29 is 13.2 Å². The molecule has 2 rings (SSSR count). The zero-order valence-corrected chi connectivity index (χ0v) is 9.35. The van der Waals surface area contributed by atoms with E-state index in [1.165, 1.54) is 7.05 Å². The van der Waals surface area contributed by atoms with Crippen molar-refractivity contribution in [3.05, 3.63) is 34.4 Å². The number of rotatable bonds is 0. The smallest absolute Gasteiger partial charge is 0.340 e. The fourth-order valence-electron chi connectivity index (χ4n) is 1.60. The van der Waals surface area contributed by atoms with E-state index in [1.54, 1.807) is 18.2 Å². The molecule has 0 aliphatic carbocycles. The van der Waals surface area contributed by atoms with Gasteiger partial charge in [-0.1, -0.05) is 22.0 Å². The fourth-order valence-corrected chi connectivity index (χ4v) is 2.07. The molecule has 80 valence electrons. The van der Waals surface area contributed by atoms with E-state index in [0.717, 1.165) is 10.6 Å². The zero-order chi connectivity index (χ0) is 11.2. The molecule has 0 N–H and O–H groups in total. The van der Waals surface area contributed by atoms with E-state index in [-0.39, 0.29) is 0 Å². The third-order valence-corrected chi connectivity index (χ3v) is 3.02. The molecule has 0 radical (unpaired) electrons. The van der Waals surface area contributed by atoms with Crippen molar-refractivity contribution in [2.24, 2.45) is 7.05 Å². The van der Waals surface area contributed by atoms with Crippen LogP contribution in [0.15, 0.2) is 28.7 Å². The number of alkyl halides is 3. The van der Waals surface area contributed by atoms with Gasteiger partial charge in [0.15, 0.2) is 0 Å². The van der Waals surface area contributed by atoms with E-state index < -0.39 is 11.9 Å². The molecule has 0 amide bonds. The van der Waals surface area contributed by atoms with Crippen molar-refractivity contribution in [3.63, 3.8) is 0 Å². The molecule has 2 aromatic rings. The van der Waals surface area contributed by atoms with Gasteiger partial charge in [-0.3, -0.25) is 0 Å². The maximum atomic E-state index is 12.6. The molecule has 0 atom stereocenters. The van der Waals surface area contributed by atoms with Crippen LogP contribution in [0.5, 0.6) is 0 Å². The van der Waals surface area contributed by atoms with Gasteiger partial charge in [-0.15, -0.1) is 0 Å². The summed E-state index contributed by atoms with van der Waals surface area (Å²) in [5.41, 5.74) is -0.0684. The fraction of sp³-hybridized carbons (Fsp3) is 0.200. The van der Waals surface area contributed by atoms with Gasteiger partial charge in [0.25, 0.3) is 0 Å². The molecule has 0 fully saturated rings. The first-order valence-corrected chi connectivity index (χ1v) is 5.01. The van der Waals surface area contributed by atoms with Crippen LogP contribution in [0.1, 0.15) is 5.69 Å². The van der Waals surface area contributed by atoms with E-state index in [0.29, 0.717) is 15.4 Å². The second-order valence-corrected chi connectivity index (χ2v) is 4.11. The summed E-state index contributed by atoms with van der Waals surface area (Å²) in [6, 6.07) is 6.25. The Morgan fingerprint density at radius 3 is 2.47 bits per heavy atom. The van der Waals surface area contributed by atoms with Crippen LogP contribution in [0, 0.1) is 0 Å². The third kappa shape index (κ3) is 1.65. The summed E-state index contributed by atoms with van der Waals surface area (Å²) in [4.78, 5) is 0. The number of benzene rings is 1. The summed E-state index contributed by atoms with van der Waals surface area (Å²) >= 11 is 3.23. The standard InChI is InChI=1S/C10H7BrF3N/c1-15-8-4-2-3-7(11)6(8)5-9(15)10(12,13)14/h2-5H,1H3. The van der Waals surface area contributed by atoms with Gasteiger partial charge < -0.3 is 4.57 Å². The van der Waals surface area contributed by atoms with Gasteiger partial charge in [0, 0.05) is 22.4 Å². The molecule has 1 heterocycles. The van der Waals surface area contributed by atoms with E-state index in [9.17, 15) is 13.2 Å². The first-order chi connectivity index (χ1) is 6.91. The van der Waals surface area contributed by atoms with Crippen LogP contribution in [0.2, 0.25) is 0 Å². The summed E-state index contributed by atoms with van der Waals surface area (Å²) < 4.78 is 39.6. The molecule has 0 aliphatic rings. The Bertz CT molecular complexity index is 513. The zero-order valence-electron chi connectivity index (χ0n) is 7.77. The van der Waals surface area contributed by atoms with E-state index in [1.807, 2.05) is 0 Å². The van der Waals surface area contributed by atoms with Gasteiger partial charge in [-0.25, -0.2) is 0 Å². The van der Waals surface area contributed by atoms with Crippen molar-refractivity contribution in [3.8, 4) is 0 Å². The number of halogens is 4. The molecule has 0 saturated carbocycles. The maximum Gasteiger partial charge on any atom is 0.431 e. The molecule has 1 aromatic heterocycles. The summed E-state index contributed by atoms with van der Waals surface area (Å²) in [7, 11) is 1.41.